The first-order chi connectivity index (χ1) is 8.58. The van der Waals surface area contributed by atoms with Gasteiger partial charge in [-0.05, 0) is 44.0 Å². The maximum Gasteiger partial charge on any atom is 0.0812 e. The minimum absolute atomic E-state index is 0.190. The molecule has 0 amide bonds. The third-order valence-corrected chi connectivity index (χ3v) is 4.04. The largest absolute Gasteiger partial charge is 0.388 e. The molecule has 18 heavy (non-hydrogen) atoms. The lowest BCUT2D eigenvalue weighted by Gasteiger charge is -2.33. The van der Waals surface area contributed by atoms with Gasteiger partial charge in [0.25, 0.3) is 0 Å². The number of hydrogen-bond acceptors (Lipinski definition) is 2. The first-order valence-electron chi connectivity index (χ1n) is 6.78. The highest BCUT2D eigenvalue weighted by atomic mass is 35.5. The average Bonchev–Trinajstić information content (AvgIpc) is 2.61. The Morgan fingerprint density at radius 1 is 1.28 bits per heavy atom. The average molecular weight is 268 g/mol. The van der Waals surface area contributed by atoms with Crippen LogP contribution in [0.5, 0.6) is 0 Å². The van der Waals surface area contributed by atoms with E-state index in [9.17, 15) is 5.11 Å². The van der Waals surface area contributed by atoms with E-state index >= 15 is 0 Å². The zero-order valence-electron chi connectivity index (χ0n) is 11.0. The first kappa shape index (κ1) is 13.9. The van der Waals surface area contributed by atoms with E-state index in [1.807, 2.05) is 31.2 Å². The molecule has 3 heteroatoms. The summed E-state index contributed by atoms with van der Waals surface area (Å²) < 4.78 is 0. The van der Waals surface area contributed by atoms with Gasteiger partial charge in [0.2, 0.25) is 0 Å². The molecule has 0 aliphatic carbocycles. The summed E-state index contributed by atoms with van der Waals surface area (Å²) in [7, 11) is 0. The number of aliphatic hydroxyl groups is 1. The van der Waals surface area contributed by atoms with Crippen molar-refractivity contribution in [3.05, 3.63) is 34.9 Å². The van der Waals surface area contributed by atoms with Crippen molar-refractivity contribution < 1.29 is 5.11 Å². The number of hydrogen-bond donors (Lipinski definition) is 2. The lowest BCUT2D eigenvalue weighted by molar-refractivity contribution is 0.0182. The van der Waals surface area contributed by atoms with Gasteiger partial charge in [-0.2, -0.15) is 0 Å². The molecular weight excluding hydrogens is 246 g/mol. The maximum atomic E-state index is 10.7. The first-order valence-corrected chi connectivity index (χ1v) is 7.16. The van der Waals surface area contributed by atoms with Gasteiger partial charge in [0.1, 0.15) is 0 Å². The molecule has 0 spiro atoms. The van der Waals surface area contributed by atoms with Crippen LogP contribution in [0.15, 0.2) is 24.3 Å². The van der Waals surface area contributed by atoms with Gasteiger partial charge in [-0.15, -0.1) is 0 Å². The molecule has 0 radical (unpaired) electrons. The molecule has 1 aromatic carbocycles. The smallest absolute Gasteiger partial charge is 0.0812 e. The molecule has 1 aliphatic rings. The summed E-state index contributed by atoms with van der Waals surface area (Å²) in [4.78, 5) is 0. The fraction of sp³-hybridized carbons (Fsp3) is 0.600. The van der Waals surface area contributed by atoms with Crippen molar-refractivity contribution in [2.75, 3.05) is 6.54 Å². The standard InChI is InChI=1S/C15H22ClNO/c1-15(18,14-5-3-2-4-10-17-14)11-12-6-8-13(16)9-7-12/h6-9,14,17-18H,2-5,10-11H2,1H3. The minimum atomic E-state index is -0.696. The van der Waals surface area contributed by atoms with Crippen LogP contribution in [0.4, 0.5) is 0 Å². The van der Waals surface area contributed by atoms with Gasteiger partial charge in [0.15, 0.2) is 0 Å². The van der Waals surface area contributed by atoms with Gasteiger partial charge in [0.05, 0.1) is 5.60 Å². The van der Waals surface area contributed by atoms with E-state index in [-0.39, 0.29) is 6.04 Å². The van der Waals surface area contributed by atoms with Crippen LogP contribution in [0, 0.1) is 0 Å². The summed E-state index contributed by atoms with van der Waals surface area (Å²) in [5, 5.41) is 14.9. The lowest BCUT2D eigenvalue weighted by atomic mass is 9.86. The molecule has 1 aliphatic heterocycles. The molecule has 0 aromatic heterocycles. The van der Waals surface area contributed by atoms with Gasteiger partial charge in [-0.25, -0.2) is 0 Å². The van der Waals surface area contributed by atoms with Crippen molar-refractivity contribution >= 4 is 11.6 Å². The zero-order valence-corrected chi connectivity index (χ0v) is 11.7. The Balaban J connectivity index is 2.02. The van der Waals surface area contributed by atoms with E-state index in [1.165, 1.54) is 19.3 Å². The van der Waals surface area contributed by atoms with Crippen LogP contribution < -0.4 is 5.32 Å². The minimum Gasteiger partial charge on any atom is -0.388 e. The van der Waals surface area contributed by atoms with E-state index in [4.69, 9.17) is 11.6 Å². The fourth-order valence-electron chi connectivity index (χ4n) is 2.70. The van der Waals surface area contributed by atoms with Crippen molar-refractivity contribution in [3.8, 4) is 0 Å². The zero-order chi connectivity index (χ0) is 13.0. The highest BCUT2D eigenvalue weighted by Gasteiger charge is 2.32. The number of benzene rings is 1. The van der Waals surface area contributed by atoms with Gasteiger partial charge in [0, 0.05) is 17.5 Å². The number of rotatable bonds is 3. The van der Waals surface area contributed by atoms with E-state index in [2.05, 4.69) is 5.32 Å². The second-order valence-electron chi connectivity index (χ2n) is 5.52. The second kappa shape index (κ2) is 6.05. The van der Waals surface area contributed by atoms with Crippen LogP contribution >= 0.6 is 11.6 Å². The molecule has 0 bridgehead atoms. The molecular formula is C15H22ClNO. The Hall–Kier alpha value is -0.570. The predicted octanol–water partition coefficient (Wildman–Crippen LogP) is 3.17. The van der Waals surface area contributed by atoms with E-state index in [0.29, 0.717) is 6.42 Å². The molecule has 2 rings (SSSR count). The third kappa shape index (κ3) is 3.71. The second-order valence-corrected chi connectivity index (χ2v) is 5.95. The SMILES string of the molecule is CC(O)(Cc1ccc(Cl)cc1)C1CCCCCN1. The Bertz CT molecular complexity index is 367. The molecule has 100 valence electrons. The Morgan fingerprint density at radius 2 is 2.00 bits per heavy atom. The molecule has 0 saturated carbocycles. The Morgan fingerprint density at radius 3 is 2.72 bits per heavy atom. The van der Waals surface area contributed by atoms with Gasteiger partial charge in [-0.3, -0.25) is 0 Å². The van der Waals surface area contributed by atoms with Gasteiger partial charge >= 0.3 is 0 Å². The quantitative estimate of drug-likeness (QED) is 0.882. The molecule has 1 fully saturated rings. The maximum absolute atomic E-state index is 10.7. The summed E-state index contributed by atoms with van der Waals surface area (Å²) in [5.41, 5.74) is 0.438. The summed E-state index contributed by atoms with van der Waals surface area (Å²) >= 11 is 5.88. The van der Waals surface area contributed by atoms with Crippen molar-refractivity contribution in [2.45, 2.75) is 50.7 Å². The monoisotopic (exact) mass is 267 g/mol. The van der Waals surface area contributed by atoms with Crippen LogP contribution in [0.2, 0.25) is 5.02 Å². The summed E-state index contributed by atoms with van der Waals surface area (Å²) in [5.74, 6) is 0. The molecule has 2 nitrogen and oxygen atoms in total. The molecule has 2 unspecified atom stereocenters. The van der Waals surface area contributed by atoms with Gasteiger partial charge < -0.3 is 10.4 Å². The van der Waals surface area contributed by atoms with Crippen molar-refractivity contribution in [3.63, 3.8) is 0 Å². The van der Waals surface area contributed by atoms with Crippen molar-refractivity contribution in [1.82, 2.24) is 5.32 Å². The lowest BCUT2D eigenvalue weighted by Crippen LogP contribution is -2.49. The van der Waals surface area contributed by atoms with Crippen molar-refractivity contribution in [2.24, 2.45) is 0 Å². The topological polar surface area (TPSA) is 32.3 Å². The molecule has 1 aromatic rings. The summed E-state index contributed by atoms with van der Waals surface area (Å²) in [6.45, 7) is 2.95. The molecule has 2 atom stereocenters. The Kier molecular flexibility index (Phi) is 4.66. The third-order valence-electron chi connectivity index (χ3n) is 3.79. The van der Waals surface area contributed by atoms with Gasteiger partial charge in [-0.1, -0.05) is 36.6 Å². The highest BCUT2D eigenvalue weighted by molar-refractivity contribution is 6.30. The van der Waals surface area contributed by atoms with Crippen molar-refractivity contribution in [1.29, 1.82) is 0 Å². The van der Waals surface area contributed by atoms with Crippen LogP contribution in [0.25, 0.3) is 0 Å². The summed E-state index contributed by atoms with van der Waals surface area (Å²) in [6.07, 6.45) is 5.41. The Labute approximate surface area is 114 Å². The molecule has 2 N–H and O–H groups in total. The van der Waals surface area contributed by atoms with Crippen LogP contribution in [-0.4, -0.2) is 23.3 Å². The normalized spacial score (nSPS) is 24.3. The van der Waals surface area contributed by atoms with E-state index in [0.717, 1.165) is 23.6 Å². The van der Waals surface area contributed by atoms with E-state index < -0.39 is 5.60 Å². The van der Waals surface area contributed by atoms with Crippen LogP contribution in [-0.2, 0) is 6.42 Å². The number of nitrogens with one attached hydrogen (secondary N) is 1. The summed E-state index contributed by atoms with van der Waals surface area (Å²) in [6, 6.07) is 7.94. The van der Waals surface area contributed by atoms with Crippen LogP contribution in [0.3, 0.4) is 0 Å². The fourth-order valence-corrected chi connectivity index (χ4v) is 2.82. The van der Waals surface area contributed by atoms with Crippen LogP contribution in [0.1, 0.15) is 38.2 Å². The molecule has 1 heterocycles. The van der Waals surface area contributed by atoms with E-state index in [1.54, 1.807) is 0 Å². The predicted molar refractivity (Wildman–Crippen MR) is 76.0 cm³/mol. The number of halogens is 1. The highest BCUT2D eigenvalue weighted by Crippen LogP contribution is 2.23. The molecule has 1 saturated heterocycles.